The molecule has 1 aromatic heterocycles. The lowest BCUT2D eigenvalue weighted by atomic mass is 9.87. The number of likely N-dealkylation sites (tertiary alicyclic amines) is 1. The minimum atomic E-state index is -0.213. The SMILES string of the molecule is Fc1ccc(-c2nccnc2[C@H]2CCCN(C3CCCCC3)C2)cc1. The fraction of sp³-hybridized carbons (Fsp3) is 0.524. The number of halogens is 1. The monoisotopic (exact) mass is 339 g/mol. The first-order valence-corrected chi connectivity index (χ1v) is 9.62. The van der Waals surface area contributed by atoms with E-state index in [-0.39, 0.29) is 5.82 Å². The van der Waals surface area contributed by atoms with Crippen molar-refractivity contribution in [3.05, 3.63) is 48.2 Å². The Balaban J connectivity index is 1.57. The molecule has 2 aromatic rings. The smallest absolute Gasteiger partial charge is 0.123 e. The predicted molar refractivity (Wildman–Crippen MR) is 97.8 cm³/mol. The lowest BCUT2D eigenvalue weighted by Crippen LogP contribution is -2.43. The second-order valence-electron chi connectivity index (χ2n) is 7.42. The van der Waals surface area contributed by atoms with E-state index in [2.05, 4.69) is 9.88 Å². The van der Waals surface area contributed by atoms with Gasteiger partial charge in [-0.1, -0.05) is 19.3 Å². The summed E-state index contributed by atoms with van der Waals surface area (Å²) < 4.78 is 13.3. The number of nitrogens with zero attached hydrogens (tertiary/aromatic N) is 3. The van der Waals surface area contributed by atoms with Gasteiger partial charge in [0.25, 0.3) is 0 Å². The Labute approximate surface area is 149 Å². The molecule has 2 heterocycles. The van der Waals surface area contributed by atoms with Crippen molar-refractivity contribution < 1.29 is 4.39 Å². The topological polar surface area (TPSA) is 29.0 Å². The third kappa shape index (κ3) is 3.74. The van der Waals surface area contributed by atoms with E-state index in [9.17, 15) is 4.39 Å². The van der Waals surface area contributed by atoms with Crippen LogP contribution in [0.4, 0.5) is 4.39 Å². The Morgan fingerprint density at radius 2 is 1.64 bits per heavy atom. The van der Waals surface area contributed by atoms with Crippen LogP contribution in [0.15, 0.2) is 36.7 Å². The van der Waals surface area contributed by atoms with Crippen LogP contribution >= 0.6 is 0 Å². The van der Waals surface area contributed by atoms with Crippen molar-refractivity contribution in [2.45, 2.75) is 56.9 Å². The van der Waals surface area contributed by atoms with E-state index < -0.39 is 0 Å². The molecule has 0 spiro atoms. The van der Waals surface area contributed by atoms with Crippen LogP contribution < -0.4 is 0 Å². The van der Waals surface area contributed by atoms with Gasteiger partial charge in [-0.05, 0) is 56.5 Å². The standard InChI is InChI=1S/C21H26FN3/c22-18-10-8-16(9-11-18)20-21(24-13-12-23-20)17-5-4-14-25(15-17)19-6-2-1-3-7-19/h8-13,17,19H,1-7,14-15H2/t17-/m0/s1. The van der Waals surface area contributed by atoms with Gasteiger partial charge < -0.3 is 0 Å². The molecule has 132 valence electrons. The van der Waals surface area contributed by atoms with Crippen molar-refractivity contribution in [3.63, 3.8) is 0 Å². The zero-order valence-corrected chi connectivity index (χ0v) is 14.7. The van der Waals surface area contributed by atoms with Crippen LogP contribution in [0.3, 0.4) is 0 Å². The Bertz CT molecular complexity index is 695. The van der Waals surface area contributed by atoms with E-state index in [1.54, 1.807) is 12.4 Å². The summed E-state index contributed by atoms with van der Waals surface area (Å²) in [4.78, 5) is 12.0. The van der Waals surface area contributed by atoms with Crippen LogP contribution in [0.5, 0.6) is 0 Å². The maximum Gasteiger partial charge on any atom is 0.123 e. The lowest BCUT2D eigenvalue weighted by Gasteiger charge is -2.40. The zero-order valence-electron chi connectivity index (χ0n) is 14.7. The summed E-state index contributed by atoms with van der Waals surface area (Å²) in [5.74, 6) is 0.208. The Morgan fingerprint density at radius 1 is 0.880 bits per heavy atom. The minimum Gasteiger partial charge on any atom is -0.300 e. The number of benzene rings is 1. The van der Waals surface area contributed by atoms with Crippen molar-refractivity contribution in [1.29, 1.82) is 0 Å². The Kier molecular flexibility index (Phi) is 5.07. The number of hydrogen-bond donors (Lipinski definition) is 0. The number of aromatic nitrogens is 2. The molecular formula is C21H26FN3. The first kappa shape index (κ1) is 16.6. The molecule has 1 aliphatic carbocycles. The average Bonchev–Trinajstić information content (AvgIpc) is 2.69. The summed E-state index contributed by atoms with van der Waals surface area (Å²) in [5.41, 5.74) is 2.95. The van der Waals surface area contributed by atoms with Gasteiger partial charge in [-0.15, -0.1) is 0 Å². The highest BCUT2D eigenvalue weighted by molar-refractivity contribution is 5.62. The molecule has 1 atom stereocenters. The molecule has 1 saturated carbocycles. The van der Waals surface area contributed by atoms with Crippen LogP contribution in [0.2, 0.25) is 0 Å². The molecule has 2 aliphatic rings. The van der Waals surface area contributed by atoms with Gasteiger partial charge >= 0.3 is 0 Å². The van der Waals surface area contributed by atoms with E-state index in [0.717, 1.165) is 36.0 Å². The third-order valence-electron chi connectivity index (χ3n) is 5.77. The van der Waals surface area contributed by atoms with Crippen molar-refractivity contribution in [3.8, 4) is 11.3 Å². The predicted octanol–water partition coefficient (Wildman–Crippen LogP) is 4.79. The highest BCUT2D eigenvalue weighted by Gasteiger charge is 2.29. The molecule has 0 N–H and O–H groups in total. The maximum atomic E-state index is 13.3. The van der Waals surface area contributed by atoms with Gasteiger partial charge in [-0.25, -0.2) is 4.39 Å². The van der Waals surface area contributed by atoms with E-state index >= 15 is 0 Å². The first-order valence-electron chi connectivity index (χ1n) is 9.62. The zero-order chi connectivity index (χ0) is 17.1. The largest absolute Gasteiger partial charge is 0.300 e. The molecule has 0 amide bonds. The van der Waals surface area contributed by atoms with Crippen LogP contribution in [0, 0.1) is 5.82 Å². The van der Waals surface area contributed by atoms with Crippen LogP contribution in [0.25, 0.3) is 11.3 Å². The van der Waals surface area contributed by atoms with Crippen molar-refractivity contribution in [2.75, 3.05) is 13.1 Å². The van der Waals surface area contributed by atoms with Gasteiger partial charge in [0, 0.05) is 36.5 Å². The van der Waals surface area contributed by atoms with Gasteiger partial charge in [-0.3, -0.25) is 14.9 Å². The molecule has 0 bridgehead atoms. The second-order valence-corrected chi connectivity index (χ2v) is 7.42. The number of piperidine rings is 1. The minimum absolute atomic E-state index is 0.213. The Morgan fingerprint density at radius 3 is 2.44 bits per heavy atom. The molecule has 1 saturated heterocycles. The molecule has 4 heteroatoms. The van der Waals surface area contributed by atoms with Crippen molar-refractivity contribution in [1.82, 2.24) is 14.9 Å². The fourth-order valence-corrected chi connectivity index (χ4v) is 4.49. The Hall–Kier alpha value is -1.81. The average molecular weight is 339 g/mol. The molecule has 4 rings (SSSR count). The van der Waals surface area contributed by atoms with Crippen molar-refractivity contribution in [2.24, 2.45) is 0 Å². The molecular weight excluding hydrogens is 313 g/mol. The van der Waals surface area contributed by atoms with Gasteiger partial charge in [0.2, 0.25) is 0 Å². The van der Waals surface area contributed by atoms with E-state index in [1.807, 2.05) is 12.1 Å². The fourth-order valence-electron chi connectivity index (χ4n) is 4.49. The van der Waals surface area contributed by atoms with Crippen LogP contribution in [-0.2, 0) is 0 Å². The highest BCUT2D eigenvalue weighted by Crippen LogP contribution is 2.34. The molecule has 25 heavy (non-hydrogen) atoms. The summed E-state index contributed by atoms with van der Waals surface area (Å²) in [6.07, 6.45) is 12.8. The highest BCUT2D eigenvalue weighted by atomic mass is 19.1. The van der Waals surface area contributed by atoms with Gasteiger partial charge in [-0.2, -0.15) is 0 Å². The van der Waals surface area contributed by atoms with Gasteiger partial charge in [0.1, 0.15) is 5.82 Å². The summed E-state index contributed by atoms with van der Waals surface area (Å²) >= 11 is 0. The van der Waals surface area contributed by atoms with E-state index in [4.69, 9.17) is 4.98 Å². The number of hydrogen-bond acceptors (Lipinski definition) is 3. The lowest BCUT2D eigenvalue weighted by molar-refractivity contribution is 0.118. The quantitative estimate of drug-likeness (QED) is 0.805. The van der Waals surface area contributed by atoms with E-state index in [1.165, 1.54) is 57.2 Å². The summed E-state index contributed by atoms with van der Waals surface area (Å²) in [7, 11) is 0. The molecule has 0 radical (unpaired) electrons. The van der Waals surface area contributed by atoms with Gasteiger partial charge in [0.15, 0.2) is 0 Å². The van der Waals surface area contributed by atoms with Crippen LogP contribution in [-0.4, -0.2) is 34.0 Å². The molecule has 3 nitrogen and oxygen atoms in total. The summed E-state index contributed by atoms with van der Waals surface area (Å²) in [6, 6.07) is 7.38. The summed E-state index contributed by atoms with van der Waals surface area (Å²) in [6.45, 7) is 2.30. The first-order chi connectivity index (χ1) is 12.3. The molecule has 1 aromatic carbocycles. The second kappa shape index (κ2) is 7.61. The normalized spacial score (nSPS) is 22.8. The molecule has 1 aliphatic heterocycles. The summed E-state index contributed by atoms with van der Waals surface area (Å²) in [5, 5.41) is 0. The van der Waals surface area contributed by atoms with E-state index in [0.29, 0.717) is 5.92 Å². The van der Waals surface area contributed by atoms with Gasteiger partial charge in [0.05, 0.1) is 11.4 Å². The molecule has 2 fully saturated rings. The number of rotatable bonds is 3. The van der Waals surface area contributed by atoms with Crippen LogP contribution in [0.1, 0.15) is 56.6 Å². The third-order valence-corrected chi connectivity index (χ3v) is 5.77. The maximum absolute atomic E-state index is 13.3. The van der Waals surface area contributed by atoms with Crippen molar-refractivity contribution >= 4 is 0 Å². The molecule has 0 unspecified atom stereocenters.